The first-order valence-corrected chi connectivity index (χ1v) is 5.74. The summed E-state index contributed by atoms with van der Waals surface area (Å²) in [7, 11) is 0. The predicted molar refractivity (Wildman–Crippen MR) is 51.6 cm³/mol. The summed E-state index contributed by atoms with van der Waals surface area (Å²) in [5.74, 6) is 1.19. The van der Waals surface area contributed by atoms with E-state index in [4.69, 9.17) is 4.74 Å². The normalized spacial score (nSPS) is 29.2. The summed E-state index contributed by atoms with van der Waals surface area (Å²) in [5.41, 5.74) is -0.449. The first-order chi connectivity index (χ1) is 5.69. The second-order valence-corrected chi connectivity index (χ2v) is 4.33. The number of ether oxygens (including phenoxy) is 1. The molecule has 0 spiro atoms. The molecule has 0 aromatic heterocycles. The Labute approximate surface area is 78.1 Å². The summed E-state index contributed by atoms with van der Waals surface area (Å²) < 4.78 is 5.44. The Kier molecular flexibility index (Phi) is 3.59. The van der Waals surface area contributed by atoms with E-state index in [1.807, 2.05) is 13.2 Å². The van der Waals surface area contributed by atoms with Crippen LogP contribution in [0.2, 0.25) is 0 Å². The Morgan fingerprint density at radius 2 is 2.42 bits per heavy atom. The van der Waals surface area contributed by atoms with E-state index in [0.29, 0.717) is 6.42 Å². The highest BCUT2D eigenvalue weighted by molar-refractivity contribution is 7.98. The van der Waals surface area contributed by atoms with Gasteiger partial charge in [-0.2, -0.15) is 11.8 Å². The molecule has 1 rings (SSSR count). The van der Waals surface area contributed by atoms with Crippen molar-refractivity contribution in [3.63, 3.8) is 0 Å². The average molecular weight is 188 g/mol. The van der Waals surface area contributed by atoms with Crippen molar-refractivity contribution in [2.75, 3.05) is 18.6 Å². The molecule has 0 aliphatic carbocycles. The minimum Gasteiger partial charge on any atom is -0.368 e. The van der Waals surface area contributed by atoms with Gasteiger partial charge < -0.3 is 4.74 Å². The van der Waals surface area contributed by atoms with Crippen LogP contribution in [0, 0.1) is 0 Å². The van der Waals surface area contributed by atoms with E-state index in [0.717, 1.165) is 25.2 Å². The Bertz CT molecular complexity index is 162. The molecule has 1 heterocycles. The van der Waals surface area contributed by atoms with E-state index in [9.17, 15) is 4.79 Å². The highest BCUT2D eigenvalue weighted by Crippen LogP contribution is 2.27. The third-order valence-electron chi connectivity index (χ3n) is 2.34. The largest absolute Gasteiger partial charge is 0.368 e. The second-order valence-electron chi connectivity index (χ2n) is 3.35. The van der Waals surface area contributed by atoms with Crippen molar-refractivity contribution < 1.29 is 9.53 Å². The van der Waals surface area contributed by atoms with Crippen LogP contribution >= 0.6 is 11.8 Å². The summed E-state index contributed by atoms with van der Waals surface area (Å²) in [5, 5.41) is 0. The molecule has 1 aliphatic heterocycles. The van der Waals surface area contributed by atoms with Gasteiger partial charge in [0.15, 0.2) is 5.78 Å². The lowest BCUT2D eigenvalue weighted by atomic mass is 9.96. The Morgan fingerprint density at radius 1 is 1.67 bits per heavy atom. The van der Waals surface area contributed by atoms with Gasteiger partial charge in [-0.25, -0.2) is 0 Å². The fourth-order valence-corrected chi connectivity index (χ4v) is 1.85. The molecule has 0 aromatic carbocycles. The lowest BCUT2D eigenvalue weighted by molar-refractivity contribution is -0.136. The first kappa shape index (κ1) is 10.1. The van der Waals surface area contributed by atoms with Crippen molar-refractivity contribution >= 4 is 17.5 Å². The standard InChI is InChI=1S/C9H16O2S/c1-9(5-3-6-11-9)8(10)4-7-12-2/h3-7H2,1-2H3. The highest BCUT2D eigenvalue weighted by Gasteiger charge is 2.36. The molecule has 2 nitrogen and oxygen atoms in total. The summed E-state index contributed by atoms with van der Waals surface area (Å²) in [6.07, 6.45) is 4.60. The van der Waals surface area contributed by atoms with Gasteiger partial charge in [-0.1, -0.05) is 0 Å². The molecular formula is C9H16O2S. The quantitative estimate of drug-likeness (QED) is 0.674. The molecule has 0 saturated carbocycles. The van der Waals surface area contributed by atoms with E-state index in [2.05, 4.69) is 0 Å². The van der Waals surface area contributed by atoms with Gasteiger partial charge in [0.05, 0.1) is 0 Å². The molecule has 1 atom stereocenters. The van der Waals surface area contributed by atoms with Crippen LogP contribution in [-0.4, -0.2) is 30.0 Å². The number of hydrogen-bond donors (Lipinski definition) is 0. The SMILES string of the molecule is CSCCC(=O)C1(C)CCCO1. The van der Waals surface area contributed by atoms with Gasteiger partial charge in [0.25, 0.3) is 0 Å². The maximum absolute atomic E-state index is 11.6. The van der Waals surface area contributed by atoms with E-state index in [1.165, 1.54) is 0 Å². The third-order valence-corrected chi connectivity index (χ3v) is 2.95. The highest BCUT2D eigenvalue weighted by atomic mass is 32.2. The van der Waals surface area contributed by atoms with Gasteiger partial charge in [-0.15, -0.1) is 0 Å². The summed E-state index contributed by atoms with van der Waals surface area (Å²) in [6.45, 7) is 2.67. The number of rotatable bonds is 4. The van der Waals surface area contributed by atoms with Crippen LogP contribution in [0.4, 0.5) is 0 Å². The smallest absolute Gasteiger partial charge is 0.165 e. The number of carbonyl (C=O) groups is 1. The van der Waals surface area contributed by atoms with Crippen LogP contribution in [0.1, 0.15) is 26.2 Å². The van der Waals surface area contributed by atoms with Crippen molar-refractivity contribution in [2.45, 2.75) is 31.8 Å². The van der Waals surface area contributed by atoms with Crippen LogP contribution < -0.4 is 0 Å². The molecule has 1 unspecified atom stereocenters. The third kappa shape index (κ3) is 2.23. The van der Waals surface area contributed by atoms with Crippen molar-refractivity contribution in [3.05, 3.63) is 0 Å². The second kappa shape index (κ2) is 4.28. The molecule has 70 valence electrons. The Hall–Kier alpha value is -0.0200. The van der Waals surface area contributed by atoms with Crippen molar-refractivity contribution in [1.82, 2.24) is 0 Å². The summed E-state index contributed by atoms with van der Waals surface area (Å²) in [4.78, 5) is 11.6. The number of carbonyl (C=O) groups excluding carboxylic acids is 1. The van der Waals surface area contributed by atoms with E-state index in [1.54, 1.807) is 11.8 Å². The van der Waals surface area contributed by atoms with E-state index >= 15 is 0 Å². The molecule has 1 fully saturated rings. The van der Waals surface area contributed by atoms with Gasteiger partial charge in [0, 0.05) is 18.8 Å². The molecule has 1 aliphatic rings. The zero-order valence-corrected chi connectivity index (χ0v) is 8.58. The van der Waals surface area contributed by atoms with Gasteiger partial charge >= 0.3 is 0 Å². The predicted octanol–water partition coefficient (Wildman–Crippen LogP) is 1.88. The molecule has 0 N–H and O–H groups in total. The average Bonchev–Trinajstić information content (AvgIpc) is 2.49. The van der Waals surface area contributed by atoms with Crippen LogP contribution in [-0.2, 0) is 9.53 Å². The Balaban J connectivity index is 2.39. The van der Waals surface area contributed by atoms with Gasteiger partial charge in [0.1, 0.15) is 5.60 Å². The zero-order valence-electron chi connectivity index (χ0n) is 7.76. The zero-order chi connectivity index (χ0) is 9.03. The van der Waals surface area contributed by atoms with Gasteiger partial charge in [0.2, 0.25) is 0 Å². The maximum Gasteiger partial charge on any atom is 0.165 e. The summed E-state index contributed by atoms with van der Waals surface area (Å²) in [6, 6.07) is 0. The molecular weight excluding hydrogens is 172 g/mol. The number of thioether (sulfide) groups is 1. The molecule has 1 saturated heterocycles. The number of hydrogen-bond acceptors (Lipinski definition) is 3. The Morgan fingerprint density at radius 3 is 2.92 bits per heavy atom. The first-order valence-electron chi connectivity index (χ1n) is 4.35. The minimum atomic E-state index is -0.449. The molecule has 12 heavy (non-hydrogen) atoms. The van der Waals surface area contributed by atoms with Crippen molar-refractivity contribution in [2.24, 2.45) is 0 Å². The van der Waals surface area contributed by atoms with Crippen molar-refractivity contribution in [1.29, 1.82) is 0 Å². The number of Topliss-reactive ketones (excluding diaryl/α,β-unsaturated/α-hetero) is 1. The topological polar surface area (TPSA) is 26.3 Å². The molecule has 0 bridgehead atoms. The molecule has 0 aromatic rings. The maximum atomic E-state index is 11.6. The lowest BCUT2D eigenvalue weighted by Gasteiger charge is -2.20. The lowest BCUT2D eigenvalue weighted by Crippen LogP contribution is -2.34. The molecule has 0 amide bonds. The summed E-state index contributed by atoms with van der Waals surface area (Å²) >= 11 is 1.71. The van der Waals surface area contributed by atoms with Crippen LogP contribution in [0.5, 0.6) is 0 Å². The minimum absolute atomic E-state index is 0.273. The van der Waals surface area contributed by atoms with E-state index in [-0.39, 0.29) is 5.78 Å². The molecule has 0 radical (unpaired) electrons. The fourth-order valence-electron chi connectivity index (χ4n) is 1.46. The van der Waals surface area contributed by atoms with E-state index < -0.39 is 5.60 Å². The fraction of sp³-hybridized carbons (Fsp3) is 0.889. The number of ketones is 1. The van der Waals surface area contributed by atoms with Crippen LogP contribution in [0.3, 0.4) is 0 Å². The van der Waals surface area contributed by atoms with Crippen LogP contribution in [0.25, 0.3) is 0 Å². The van der Waals surface area contributed by atoms with Gasteiger partial charge in [-0.05, 0) is 26.0 Å². The van der Waals surface area contributed by atoms with Crippen molar-refractivity contribution in [3.8, 4) is 0 Å². The monoisotopic (exact) mass is 188 g/mol. The van der Waals surface area contributed by atoms with Gasteiger partial charge in [-0.3, -0.25) is 4.79 Å². The molecule has 3 heteroatoms. The van der Waals surface area contributed by atoms with Crippen LogP contribution in [0.15, 0.2) is 0 Å².